The van der Waals surface area contributed by atoms with Crippen molar-refractivity contribution in [2.75, 3.05) is 23.7 Å². The molecule has 18 heavy (non-hydrogen) atoms. The van der Waals surface area contributed by atoms with Gasteiger partial charge in [-0.3, -0.25) is 4.68 Å². The van der Waals surface area contributed by atoms with E-state index in [4.69, 9.17) is 5.73 Å². The number of anilines is 2. The molecule has 94 valence electrons. The SMILES string of the molecule is Cn1ccc(-c2cc(N3CCCC3)nc(N)n2)n1. The van der Waals surface area contributed by atoms with Gasteiger partial charge in [-0.25, -0.2) is 4.98 Å². The molecule has 2 aromatic heterocycles. The highest BCUT2D eigenvalue weighted by Gasteiger charge is 2.16. The molecule has 0 aromatic carbocycles. The van der Waals surface area contributed by atoms with Crippen molar-refractivity contribution in [3.63, 3.8) is 0 Å². The van der Waals surface area contributed by atoms with Gasteiger partial charge in [-0.1, -0.05) is 0 Å². The number of nitrogens with two attached hydrogens (primary N) is 1. The maximum absolute atomic E-state index is 5.79. The zero-order valence-corrected chi connectivity index (χ0v) is 10.4. The second-order valence-electron chi connectivity index (χ2n) is 4.54. The van der Waals surface area contributed by atoms with Crippen molar-refractivity contribution in [1.82, 2.24) is 19.7 Å². The summed E-state index contributed by atoms with van der Waals surface area (Å²) in [5.74, 6) is 1.21. The van der Waals surface area contributed by atoms with E-state index >= 15 is 0 Å². The lowest BCUT2D eigenvalue weighted by molar-refractivity contribution is 0.769. The van der Waals surface area contributed by atoms with Gasteiger partial charge in [0.25, 0.3) is 0 Å². The second-order valence-corrected chi connectivity index (χ2v) is 4.54. The van der Waals surface area contributed by atoms with Gasteiger partial charge >= 0.3 is 0 Å². The van der Waals surface area contributed by atoms with E-state index in [1.807, 2.05) is 25.4 Å². The van der Waals surface area contributed by atoms with Crippen LogP contribution in [0.3, 0.4) is 0 Å². The van der Waals surface area contributed by atoms with Crippen LogP contribution >= 0.6 is 0 Å². The first kappa shape index (κ1) is 11.0. The standard InChI is InChI=1S/C12H16N6/c1-17-7-4-9(16-17)10-8-11(15-12(13)14-10)18-5-2-3-6-18/h4,7-8H,2-3,5-6H2,1H3,(H2,13,14,15). The highest BCUT2D eigenvalue weighted by molar-refractivity contribution is 5.61. The summed E-state index contributed by atoms with van der Waals surface area (Å²) < 4.78 is 1.75. The molecule has 6 nitrogen and oxygen atoms in total. The third-order valence-electron chi connectivity index (χ3n) is 3.14. The molecule has 0 aliphatic carbocycles. The van der Waals surface area contributed by atoms with Gasteiger partial charge in [-0.15, -0.1) is 0 Å². The molecular weight excluding hydrogens is 228 g/mol. The first-order chi connectivity index (χ1) is 8.72. The van der Waals surface area contributed by atoms with E-state index in [1.54, 1.807) is 4.68 Å². The van der Waals surface area contributed by atoms with Crippen LogP contribution in [0.15, 0.2) is 18.3 Å². The molecule has 1 aliphatic heterocycles. The molecule has 0 radical (unpaired) electrons. The van der Waals surface area contributed by atoms with Crippen LogP contribution in [0.5, 0.6) is 0 Å². The number of aryl methyl sites for hydroxylation is 1. The smallest absolute Gasteiger partial charge is 0.222 e. The molecule has 3 heterocycles. The second kappa shape index (κ2) is 4.29. The number of hydrogen-bond donors (Lipinski definition) is 1. The fraction of sp³-hybridized carbons (Fsp3) is 0.417. The van der Waals surface area contributed by atoms with E-state index < -0.39 is 0 Å². The zero-order valence-electron chi connectivity index (χ0n) is 10.4. The van der Waals surface area contributed by atoms with Crippen LogP contribution in [0.25, 0.3) is 11.4 Å². The Morgan fingerprint density at radius 2 is 1.94 bits per heavy atom. The molecule has 1 fully saturated rings. The maximum atomic E-state index is 5.79. The lowest BCUT2D eigenvalue weighted by Crippen LogP contribution is -2.19. The Balaban J connectivity index is 1.99. The first-order valence-electron chi connectivity index (χ1n) is 6.12. The van der Waals surface area contributed by atoms with Gasteiger partial charge in [0.1, 0.15) is 11.5 Å². The number of aromatic nitrogens is 4. The lowest BCUT2D eigenvalue weighted by Gasteiger charge is -2.16. The maximum Gasteiger partial charge on any atom is 0.222 e. The van der Waals surface area contributed by atoms with Crippen LogP contribution in [0.1, 0.15) is 12.8 Å². The number of nitrogens with zero attached hydrogens (tertiary/aromatic N) is 5. The van der Waals surface area contributed by atoms with Crippen molar-refractivity contribution < 1.29 is 0 Å². The van der Waals surface area contributed by atoms with Gasteiger partial charge in [-0.05, 0) is 18.9 Å². The van der Waals surface area contributed by atoms with Crippen LogP contribution < -0.4 is 10.6 Å². The molecule has 0 amide bonds. The van der Waals surface area contributed by atoms with Crippen molar-refractivity contribution in [1.29, 1.82) is 0 Å². The van der Waals surface area contributed by atoms with Gasteiger partial charge in [0, 0.05) is 32.4 Å². The minimum Gasteiger partial charge on any atom is -0.368 e. The molecule has 0 spiro atoms. The third kappa shape index (κ3) is 2.01. The molecule has 1 aliphatic rings. The molecule has 0 bridgehead atoms. The molecule has 2 aromatic rings. The van der Waals surface area contributed by atoms with E-state index in [2.05, 4.69) is 20.0 Å². The summed E-state index contributed by atoms with van der Waals surface area (Å²) in [6.07, 6.45) is 4.31. The Kier molecular flexibility index (Phi) is 2.62. The summed E-state index contributed by atoms with van der Waals surface area (Å²) in [4.78, 5) is 10.8. The lowest BCUT2D eigenvalue weighted by atomic mass is 10.3. The molecule has 0 unspecified atom stereocenters. The van der Waals surface area contributed by atoms with Crippen molar-refractivity contribution in [3.05, 3.63) is 18.3 Å². The topological polar surface area (TPSA) is 72.9 Å². The third-order valence-corrected chi connectivity index (χ3v) is 3.14. The van der Waals surface area contributed by atoms with Crippen LogP contribution in [0, 0.1) is 0 Å². The fourth-order valence-electron chi connectivity index (χ4n) is 2.24. The van der Waals surface area contributed by atoms with Gasteiger partial charge < -0.3 is 10.6 Å². The Morgan fingerprint density at radius 3 is 2.61 bits per heavy atom. The first-order valence-corrected chi connectivity index (χ1v) is 6.12. The highest BCUT2D eigenvalue weighted by atomic mass is 15.3. The highest BCUT2D eigenvalue weighted by Crippen LogP contribution is 2.23. The Morgan fingerprint density at radius 1 is 1.17 bits per heavy atom. The summed E-state index contributed by atoms with van der Waals surface area (Å²) in [6, 6.07) is 3.89. The number of hydrogen-bond acceptors (Lipinski definition) is 5. The van der Waals surface area contributed by atoms with Gasteiger partial charge in [0.15, 0.2) is 0 Å². The van der Waals surface area contributed by atoms with Gasteiger partial charge in [0.05, 0.1) is 5.69 Å². The van der Waals surface area contributed by atoms with Gasteiger partial charge in [-0.2, -0.15) is 10.1 Å². The minimum absolute atomic E-state index is 0.306. The fourth-order valence-corrected chi connectivity index (χ4v) is 2.24. The van der Waals surface area contributed by atoms with E-state index in [1.165, 1.54) is 12.8 Å². The summed E-state index contributed by atoms with van der Waals surface area (Å²) >= 11 is 0. The Labute approximate surface area is 105 Å². The van der Waals surface area contributed by atoms with E-state index in [9.17, 15) is 0 Å². The minimum atomic E-state index is 0.306. The molecule has 3 rings (SSSR count). The van der Waals surface area contributed by atoms with Crippen LogP contribution in [-0.4, -0.2) is 32.8 Å². The number of nitrogen functional groups attached to an aromatic ring is 1. The predicted molar refractivity (Wildman–Crippen MR) is 70.1 cm³/mol. The van der Waals surface area contributed by atoms with E-state index in [0.29, 0.717) is 5.95 Å². The molecule has 0 atom stereocenters. The van der Waals surface area contributed by atoms with Crippen molar-refractivity contribution >= 4 is 11.8 Å². The van der Waals surface area contributed by atoms with Crippen LogP contribution in [-0.2, 0) is 7.05 Å². The Bertz CT molecular complexity index is 555. The van der Waals surface area contributed by atoms with Crippen LogP contribution in [0.2, 0.25) is 0 Å². The summed E-state index contributed by atoms with van der Waals surface area (Å²) in [5, 5.41) is 4.34. The zero-order chi connectivity index (χ0) is 12.5. The normalized spacial score (nSPS) is 15.3. The molecule has 2 N–H and O–H groups in total. The summed E-state index contributed by atoms with van der Waals surface area (Å²) in [5.41, 5.74) is 7.40. The van der Waals surface area contributed by atoms with Crippen molar-refractivity contribution in [2.45, 2.75) is 12.8 Å². The van der Waals surface area contributed by atoms with E-state index in [0.717, 1.165) is 30.3 Å². The average molecular weight is 244 g/mol. The quantitative estimate of drug-likeness (QED) is 0.855. The summed E-state index contributed by atoms with van der Waals surface area (Å²) in [7, 11) is 1.88. The van der Waals surface area contributed by atoms with E-state index in [-0.39, 0.29) is 0 Å². The molecule has 6 heteroatoms. The molecule has 1 saturated heterocycles. The Hall–Kier alpha value is -2.11. The monoisotopic (exact) mass is 244 g/mol. The van der Waals surface area contributed by atoms with Crippen molar-refractivity contribution in [2.24, 2.45) is 7.05 Å². The molecular formula is C12H16N6. The van der Waals surface area contributed by atoms with Crippen molar-refractivity contribution in [3.8, 4) is 11.4 Å². The predicted octanol–water partition coefficient (Wildman–Crippen LogP) is 1.06. The largest absolute Gasteiger partial charge is 0.368 e. The number of rotatable bonds is 2. The average Bonchev–Trinajstić information content (AvgIpc) is 2.98. The van der Waals surface area contributed by atoms with Gasteiger partial charge in [0.2, 0.25) is 5.95 Å². The van der Waals surface area contributed by atoms with Crippen LogP contribution in [0.4, 0.5) is 11.8 Å². The summed E-state index contributed by atoms with van der Waals surface area (Å²) in [6.45, 7) is 2.08. The molecule has 0 saturated carbocycles.